The van der Waals surface area contributed by atoms with Crippen molar-refractivity contribution in [2.24, 2.45) is 10.8 Å². The molecule has 0 atom stereocenters. The van der Waals surface area contributed by atoms with Gasteiger partial charge in [-0.1, -0.05) is 0 Å². The maximum Gasteiger partial charge on any atom is 0.305 e. The molecule has 0 aliphatic rings. The van der Waals surface area contributed by atoms with E-state index in [1.807, 2.05) is 37.5 Å². The molecule has 0 aromatic rings. The molecule has 0 aromatic heterocycles. The van der Waals surface area contributed by atoms with Crippen molar-refractivity contribution in [3.8, 4) is 0 Å². The van der Waals surface area contributed by atoms with E-state index in [-0.39, 0.29) is 91.4 Å². The lowest BCUT2D eigenvalue weighted by Gasteiger charge is -2.35. The lowest BCUT2D eigenvalue weighted by atomic mass is 9.90. The predicted molar refractivity (Wildman–Crippen MR) is 275 cm³/mol. The first kappa shape index (κ1) is 63.9. The zero-order valence-corrected chi connectivity index (χ0v) is 45.3. The van der Waals surface area contributed by atoms with Gasteiger partial charge in [-0.3, -0.25) is 28.8 Å². The van der Waals surface area contributed by atoms with Gasteiger partial charge in [-0.2, -0.15) is 70.6 Å². The summed E-state index contributed by atoms with van der Waals surface area (Å²) in [4.78, 5) is 78.7. The molecule has 0 heterocycles. The van der Waals surface area contributed by atoms with E-state index in [4.69, 9.17) is 33.2 Å². The first-order valence-corrected chi connectivity index (χ1v) is 31.3. The molecule has 0 saturated heterocycles. The van der Waals surface area contributed by atoms with Gasteiger partial charge in [0.25, 0.3) is 0 Å². The largest absolute Gasteiger partial charge is 0.465 e. The van der Waals surface area contributed by atoms with Crippen LogP contribution in [0.2, 0.25) is 0 Å². The van der Waals surface area contributed by atoms with Crippen molar-refractivity contribution in [1.29, 1.82) is 0 Å². The Balaban J connectivity index is 6.86. The molecule has 0 aliphatic heterocycles. The third-order valence-electron chi connectivity index (χ3n) is 9.93. The van der Waals surface area contributed by atoms with E-state index >= 15 is 0 Å². The molecule has 0 amide bonds. The fraction of sp³-hybridized carbons (Fsp3) is 0.870. The van der Waals surface area contributed by atoms with Crippen LogP contribution in [0.1, 0.15) is 116 Å². The highest BCUT2D eigenvalue weighted by atomic mass is 32.2. The van der Waals surface area contributed by atoms with E-state index in [2.05, 4.69) is 0 Å². The minimum Gasteiger partial charge on any atom is -0.465 e. The van der Waals surface area contributed by atoms with Crippen LogP contribution in [0.5, 0.6) is 0 Å². The van der Waals surface area contributed by atoms with Crippen LogP contribution in [0.25, 0.3) is 0 Å². The third-order valence-corrected chi connectivity index (χ3v) is 14.1. The first-order chi connectivity index (χ1) is 31.4. The number of carbonyl (C=O) groups excluding carboxylic acids is 6. The zero-order chi connectivity index (χ0) is 48.3. The van der Waals surface area contributed by atoms with Crippen LogP contribution in [0.3, 0.4) is 0 Å². The smallest absolute Gasteiger partial charge is 0.305 e. The van der Waals surface area contributed by atoms with Crippen LogP contribution in [-0.2, 0) is 61.9 Å². The Morgan fingerprint density at radius 3 is 0.600 bits per heavy atom. The van der Waals surface area contributed by atoms with Gasteiger partial charge in [0, 0.05) is 38.5 Å². The summed E-state index contributed by atoms with van der Waals surface area (Å²) in [6.45, 7) is -2.23. The molecule has 380 valence electrons. The van der Waals surface area contributed by atoms with Crippen molar-refractivity contribution in [2.45, 2.75) is 116 Å². The van der Waals surface area contributed by atoms with Crippen molar-refractivity contribution in [2.75, 3.05) is 125 Å². The van der Waals surface area contributed by atoms with E-state index in [1.165, 1.54) is 0 Å². The molecule has 0 saturated carbocycles. The van der Waals surface area contributed by atoms with Gasteiger partial charge in [0.2, 0.25) is 0 Å². The van der Waals surface area contributed by atoms with E-state index in [1.54, 1.807) is 70.6 Å². The van der Waals surface area contributed by atoms with Crippen molar-refractivity contribution in [3.63, 3.8) is 0 Å². The van der Waals surface area contributed by atoms with Gasteiger partial charge in [0.1, 0.15) is 39.6 Å². The molecule has 19 heteroatoms. The van der Waals surface area contributed by atoms with Crippen molar-refractivity contribution in [1.82, 2.24) is 0 Å². The molecular formula is C46H82O13S6. The SMILES string of the molecule is CSCCCCC(=O)OCC(COCC(COC(=O)CCCCSC)(COC(=O)CCCCSC)COC(=O)CCCCSC)(COC(=O)CCCCSC)COC(=O)CCCCSC. The third kappa shape index (κ3) is 37.5. The molecule has 0 aliphatic carbocycles. The molecule has 0 unspecified atom stereocenters. The first-order valence-electron chi connectivity index (χ1n) is 22.9. The molecule has 0 radical (unpaired) electrons. The molecule has 0 fully saturated rings. The monoisotopic (exact) mass is 1030 g/mol. The Labute approximate surface area is 417 Å². The number of esters is 6. The fourth-order valence-corrected chi connectivity index (χ4v) is 8.87. The minimum absolute atomic E-state index is 0.180. The number of ether oxygens (including phenoxy) is 7. The Bertz CT molecular complexity index is 1030. The summed E-state index contributed by atoms with van der Waals surface area (Å²) < 4.78 is 41.5. The molecule has 0 bridgehead atoms. The maximum atomic E-state index is 13.1. The van der Waals surface area contributed by atoms with Gasteiger partial charge in [0.05, 0.1) is 24.0 Å². The molecule has 0 rings (SSSR count). The summed E-state index contributed by atoms with van der Waals surface area (Å²) in [7, 11) is 0. The van der Waals surface area contributed by atoms with Gasteiger partial charge in [-0.25, -0.2) is 0 Å². The standard InChI is InChI=1S/C46H82O13S6/c1-60-25-13-7-19-39(47)54-33-45(34-55-40(48)20-8-14-26-61-2,35-56-41(49)21-9-15-27-62-3)31-53-32-46(36-57-42(50)22-10-16-28-63-4,37-58-43(51)23-11-17-29-64-5)38-59-44(52)24-12-18-30-65-6/h7-38H2,1-6H3. The number of rotatable bonds is 46. The Hall–Kier alpha value is -1.12. The highest BCUT2D eigenvalue weighted by Gasteiger charge is 2.41. The Morgan fingerprint density at radius 2 is 0.446 bits per heavy atom. The van der Waals surface area contributed by atoms with Crippen LogP contribution >= 0.6 is 70.6 Å². The molecule has 65 heavy (non-hydrogen) atoms. The number of hydrogen-bond donors (Lipinski definition) is 0. The summed E-state index contributed by atoms with van der Waals surface area (Å²) in [6, 6.07) is 0. The van der Waals surface area contributed by atoms with Crippen LogP contribution in [0.4, 0.5) is 0 Å². The second-order valence-electron chi connectivity index (χ2n) is 16.2. The molecule has 0 N–H and O–H groups in total. The lowest BCUT2D eigenvalue weighted by Crippen LogP contribution is -2.47. The van der Waals surface area contributed by atoms with Crippen molar-refractivity contribution >= 4 is 106 Å². The van der Waals surface area contributed by atoms with Crippen LogP contribution in [-0.4, -0.2) is 161 Å². The second-order valence-corrected chi connectivity index (χ2v) is 22.1. The lowest BCUT2D eigenvalue weighted by molar-refractivity contribution is -0.175. The van der Waals surface area contributed by atoms with Crippen LogP contribution < -0.4 is 0 Å². The number of thioether (sulfide) groups is 6. The summed E-state index contributed by atoms with van der Waals surface area (Å²) >= 11 is 10.2. The van der Waals surface area contributed by atoms with Crippen LogP contribution in [0.15, 0.2) is 0 Å². The summed E-state index contributed by atoms with van der Waals surface area (Å²) in [6.07, 6.45) is 21.9. The molecular weight excluding hydrogens is 953 g/mol. The Morgan fingerprint density at radius 1 is 0.277 bits per heavy atom. The summed E-state index contributed by atoms with van der Waals surface area (Å²) in [5.74, 6) is 2.73. The minimum atomic E-state index is -1.35. The zero-order valence-electron chi connectivity index (χ0n) is 40.4. The molecule has 13 nitrogen and oxygen atoms in total. The predicted octanol–water partition coefficient (Wildman–Crippen LogP) is 9.43. The van der Waals surface area contributed by atoms with Crippen molar-refractivity contribution in [3.05, 3.63) is 0 Å². The topological polar surface area (TPSA) is 167 Å². The highest BCUT2D eigenvalue weighted by Crippen LogP contribution is 2.27. The summed E-state index contributed by atoms with van der Waals surface area (Å²) in [5, 5.41) is 0. The molecule has 0 aromatic carbocycles. The fourth-order valence-electron chi connectivity index (χ4n) is 5.91. The van der Waals surface area contributed by atoms with E-state index in [0.29, 0.717) is 38.5 Å². The second kappa shape index (κ2) is 44.1. The maximum absolute atomic E-state index is 13.1. The normalized spacial score (nSPS) is 11.5. The van der Waals surface area contributed by atoms with E-state index < -0.39 is 46.6 Å². The number of unbranched alkanes of at least 4 members (excludes halogenated alkanes) is 6. The average molecular weight is 1040 g/mol. The van der Waals surface area contributed by atoms with Gasteiger partial charge >= 0.3 is 35.8 Å². The van der Waals surface area contributed by atoms with Crippen LogP contribution in [0, 0.1) is 10.8 Å². The Kier molecular flexibility index (Phi) is 43.4. The number of hydrogen-bond acceptors (Lipinski definition) is 19. The molecule has 0 spiro atoms. The number of carbonyl (C=O) groups is 6. The van der Waals surface area contributed by atoms with Gasteiger partial charge in [-0.05, 0) is 149 Å². The van der Waals surface area contributed by atoms with E-state index in [9.17, 15) is 28.8 Å². The average Bonchev–Trinajstić information content (AvgIpc) is 3.30. The van der Waals surface area contributed by atoms with Crippen molar-refractivity contribution < 1.29 is 61.9 Å². The highest BCUT2D eigenvalue weighted by molar-refractivity contribution is 7.99. The van der Waals surface area contributed by atoms with Gasteiger partial charge < -0.3 is 33.2 Å². The van der Waals surface area contributed by atoms with Gasteiger partial charge in [-0.15, -0.1) is 0 Å². The quantitative estimate of drug-likeness (QED) is 0.0321. The van der Waals surface area contributed by atoms with E-state index in [0.717, 1.165) is 73.0 Å². The summed E-state index contributed by atoms with van der Waals surface area (Å²) in [5.41, 5.74) is -2.69. The van der Waals surface area contributed by atoms with Gasteiger partial charge in [0.15, 0.2) is 0 Å².